The summed E-state index contributed by atoms with van der Waals surface area (Å²) in [4.78, 5) is 14.8. The zero-order chi connectivity index (χ0) is 19.7. The van der Waals surface area contributed by atoms with Crippen LogP contribution in [0.2, 0.25) is 0 Å². The molecular formula is C23H20FN3O. The molecule has 28 heavy (non-hydrogen) atoms. The number of fused-ring (bicyclic) bond motifs is 2. The second kappa shape index (κ2) is 7.09. The van der Waals surface area contributed by atoms with E-state index >= 15 is 0 Å². The van der Waals surface area contributed by atoms with Crippen LogP contribution in [0.3, 0.4) is 0 Å². The van der Waals surface area contributed by atoms with E-state index in [4.69, 9.17) is 5.26 Å². The lowest BCUT2D eigenvalue weighted by Crippen LogP contribution is -2.39. The molecule has 0 aromatic heterocycles. The van der Waals surface area contributed by atoms with E-state index < -0.39 is 11.7 Å². The van der Waals surface area contributed by atoms with Crippen molar-refractivity contribution in [3.8, 4) is 12.1 Å². The highest BCUT2D eigenvalue weighted by Crippen LogP contribution is 2.51. The molecule has 0 saturated heterocycles. The minimum atomic E-state index is -0.892. The molecule has 2 aliphatic rings. The van der Waals surface area contributed by atoms with Gasteiger partial charge in [-0.2, -0.15) is 10.5 Å². The van der Waals surface area contributed by atoms with Crippen molar-refractivity contribution in [3.05, 3.63) is 65.0 Å². The summed E-state index contributed by atoms with van der Waals surface area (Å²) in [6.07, 6.45) is 4.28. The van der Waals surface area contributed by atoms with E-state index in [0.29, 0.717) is 17.8 Å². The molecular weight excluding hydrogens is 353 g/mol. The molecule has 0 N–H and O–H groups in total. The second-order valence-corrected chi connectivity index (χ2v) is 7.74. The van der Waals surface area contributed by atoms with E-state index in [2.05, 4.69) is 12.1 Å². The van der Waals surface area contributed by atoms with Gasteiger partial charge >= 0.3 is 0 Å². The monoisotopic (exact) mass is 373 g/mol. The van der Waals surface area contributed by atoms with Crippen LogP contribution in [0, 0.1) is 34.4 Å². The molecule has 1 aliphatic carbocycles. The number of anilines is 1. The van der Waals surface area contributed by atoms with Crippen molar-refractivity contribution in [1.29, 1.82) is 10.5 Å². The maximum atomic E-state index is 14.7. The van der Waals surface area contributed by atoms with Crippen LogP contribution in [0.4, 0.5) is 10.1 Å². The zero-order valence-electron chi connectivity index (χ0n) is 15.5. The highest BCUT2D eigenvalue weighted by atomic mass is 19.1. The van der Waals surface area contributed by atoms with Crippen molar-refractivity contribution in [1.82, 2.24) is 0 Å². The van der Waals surface area contributed by atoms with Gasteiger partial charge in [0.1, 0.15) is 11.7 Å². The van der Waals surface area contributed by atoms with Gasteiger partial charge < -0.3 is 4.90 Å². The number of hydrogen-bond acceptors (Lipinski definition) is 3. The van der Waals surface area contributed by atoms with Gasteiger partial charge in [0.25, 0.3) is 0 Å². The van der Waals surface area contributed by atoms with E-state index in [1.807, 2.05) is 6.07 Å². The van der Waals surface area contributed by atoms with Gasteiger partial charge in [-0.25, -0.2) is 4.39 Å². The molecule has 140 valence electrons. The van der Waals surface area contributed by atoms with Crippen LogP contribution in [0.1, 0.15) is 42.4 Å². The summed E-state index contributed by atoms with van der Waals surface area (Å²) in [5.41, 5.74) is 2.43. The summed E-state index contributed by atoms with van der Waals surface area (Å²) < 4.78 is 14.7. The van der Waals surface area contributed by atoms with Gasteiger partial charge in [-0.3, -0.25) is 4.79 Å². The molecule has 1 fully saturated rings. The lowest BCUT2D eigenvalue weighted by molar-refractivity contribution is -0.120. The third kappa shape index (κ3) is 2.94. The highest BCUT2D eigenvalue weighted by Gasteiger charge is 2.48. The molecule has 2 aromatic rings. The molecule has 4 nitrogen and oxygen atoms in total. The zero-order valence-corrected chi connectivity index (χ0v) is 15.5. The topological polar surface area (TPSA) is 67.9 Å². The summed E-state index contributed by atoms with van der Waals surface area (Å²) in [5.74, 6) is -1.64. The minimum absolute atomic E-state index is 0.179. The number of benzene rings is 2. The Morgan fingerprint density at radius 3 is 2.50 bits per heavy atom. The van der Waals surface area contributed by atoms with Gasteiger partial charge in [-0.1, -0.05) is 37.1 Å². The Hall–Kier alpha value is -3.18. The fourth-order valence-electron chi connectivity index (χ4n) is 4.68. The fourth-order valence-corrected chi connectivity index (χ4v) is 4.68. The van der Waals surface area contributed by atoms with Crippen molar-refractivity contribution < 1.29 is 9.18 Å². The van der Waals surface area contributed by atoms with Crippen molar-refractivity contribution >= 4 is 11.6 Å². The molecule has 1 saturated carbocycles. The Labute approximate surface area is 163 Å². The summed E-state index contributed by atoms with van der Waals surface area (Å²) >= 11 is 0. The van der Waals surface area contributed by atoms with Gasteiger partial charge in [0.05, 0.1) is 23.4 Å². The average Bonchev–Trinajstić information content (AvgIpc) is 3.33. The van der Waals surface area contributed by atoms with Crippen LogP contribution in [-0.4, -0.2) is 12.5 Å². The number of hydrogen-bond donors (Lipinski definition) is 0. The maximum Gasteiger partial charge on any atom is 0.244 e. The van der Waals surface area contributed by atoms with Crippen LogP contribution < -0.4 is 4.90 Å². The Kier molecular flexibility index (Phi) is 4.61. The Morgan fingerprint density at radius 2 is 1.86 bits per heavy atom. The largest absolute Gasteiger partial charge is 0.307 e. The van der Waals surface area contributed by atoms with Gasteiger partial charge in [-0.15, -0.1) is 0 Å². The molecule has 1 unspecified atom stereocenters. The van der Waals surface area contributed by atoms with Gasteiger partial charge in [0.15, 0.2) is 0 Å². The van der Waals surface area contributed by atoms with E-state index in [0.717, 1.165) is 36.8 Å². The van der Waals surface area contributed by atoms with Crippen LogP contribution in [0.25, 0.3) is 0 Å². The van der Waals surface area contributed by atoms with Crippen molar-refractivity contribution in [2.75, 3.05) is 11.4 Å². The van der Waals surface area contributed by atoms with E-state index in [9.17, 15) is 14.4 Å². The number of carbonyl (C=O) groups is 1. The molecule has 1 heterocycles. The molecule has 0 radical (unpaired) electrons. The first-order valence-electron chi connectivity index (χ1n) is 9.57. The molecule has 1 spiro atoms. The smallest absolute Gasteiger partial charge is 0.244 e. The maximum absolute atomic E-state index is 14.7. The number of para-hydroxylation sites is 1. The predicted octanol–water partition coefficient (Wildman–Crippen LogP) is 4.24. The van der Waals surface area contributed by atoms with E-state index in [1.54, 1.807) is 30.3 Å². The van der Waals surface area contributed by atoms with Crippen LogP contribution >= 0.6 is 0 Å². The molecule has 1 amide bonds. The first-order chi connectivity index (χ1) is 13.6. The fraction of sp³-hybridized carbons (Fsp3) is 0.348. The molecule has 0 bridgehead atoms. The van der Waals surface area contributed by atoms with Crippen LogP contribution in [-0.2, 0) is 16.6 Å². The standard InChI is InChI=1S/C23H20FN3O/c24-20-5-3-4-19-21(20)27(15-23(19)10-1-2-11-23)22(28)18(14-26)12-16-6-8-17(13-25)9-7-16/h3-9,18H,1-2,10-12,15H2. The second-order valence-electron chi connectivity index (χ2n) is 7.74. The van der Waals surface area contributed by atoms with Crippen LogP contribution in [0.15, 0.2) is 42.5 Å². The average molecular weight is 373 g/mol. The summed E-state index contributed by atoms with van der Waals surface area (Å²) in [6, 6.07) is 16.0. The van der Waals surface area contributed by atoms with Gasteiger partial charge in [0.2, 0.25) is 5.91 Å². The quantitative estimate of drug-likeness (QED) is 0.808. The number of amides is 1. The Bertz CT molecular complexity index is 994. The lowest BCUT2D eigenvalue weighted by atomic mass is 9.81. The predicted molar refractivity (Wildman–Crippen MR) is 103 cm³/mol. The molecule has 1 atom stereocenters. The van der Waals surface area contributed by atoms with Crippen molar-refractivity contribution in [2.24, 2.45) is 5.92 Å². The number of halogens is 1. The normalized spacial score (nSPS) is 17.8. The Balaban J connectivity index is 1.63. The first-order valence-corrected chi connectivity index (χ1v) is 9.57. The van der Waals surface area contributed by atoms with Gasteiger partial charge in [0, 0.05) is 12.0 Å². The van der Waals surface area contributed by atoms with Gasteiger partial charge in [-0.05, 0) is 48.6 Å². The third-order valence-corrected chi connectivity index (χ3v) is 6.09. The first kappa shape index (κ1) is 18.2. The highest BCUT2D eigenvalue weighted by molar-refractivity contribution is 5.99. The minimum Gasteiger partial charge on any atom is -0.307 e. The lowest BCUT2D eigenvalue weighted by Gasteiger charge is -2.25. The van der Waals surface area contributed by atoms with Crippen molar-refractivity contribution in [3.63, 3.8) is 0 Å². The van der Waals surface area contributed by atoms with Crippen molar-refractivity contribution in [2.45, 2.75) is 37.5 Å². The molecule has 4 rings (SSSR count). The SMILES string of the molecule is N#Cc1ccc(CC(C#N)C(=O)N2CC3(CCCC3)c3cccc(F)c32)cc1. The van der Waals surface area contributed by atoms with E-state index in [-0.39, 0.29) is 17.7 Å². The third-order valence-electron chi connectivity index (χ3n) is 6.09. The van der Waals surface area contributed by atoms with E-state index in [1.165, 1.54) is 11.0 Å². The molecule has 2 aromatic carbocycles. The number of nitriles is 2. The summed E-state index contributed by atoms with van der Waals surface area (Å²) in [6.45, 7) is 0.452. The molecule has 5 heteroatoms. The number of rotatable bonds is 3. The summed E-state index contributed by atoms with van der Waals surface area (Å²) in [5, 5.41) is 18.6. The molecule has 1 aliphatic heterocycles. The number of carbonyl (C=O) groups excluding carboxylic acids is 1. The summed E-state index contributed by atoms with van der Waals surface area (Å²) in [7, 11) is 0. The Morgan fingerprint density at radius 1 is 1.14 bits per heavy atom. The number of nitrogens with zero attached hydrogens (tertiary/aromatic N) is 3. The van der Waals surface area contributed by atoms with Crippen LogP contribution in [0.5, 0.6) is 0 Å².